The zero-order chi connectivity index (χ0) is 29.1. The number of hydrogen-bond donors (Lipinski definition) is 3. The highest BCUT2D eigenvalue weighted by molar-refractivity contribution is 7.89. The third kappa shape index (κ3) is 9.49. The summed E-state index contributed by atoms with van der Waals surface area (Å²) in [6.07, 6.45) is -5.11. The lowest BCUT2D eigenvalue weighted by Gasteiger charge is -2.29. The molecule has 0 saturated heterocycles. The van der Waals surface area contributed by atoms with E-state index in [1.807, 2.05) is 0 Å². The van der Waals surface area contributed by atoms with Crippen LogP contribution in [0, 0.1) is 17.5 Å². The number of nitrogens with zero attached hydrogens (tertiary/aromatic N) is 4. The first-order valence-corrected chi connectivity index (χ1v) is 13.5. The molecule has 2 aromatic rings. The zero-order valence-electron chi connectivity index (χ0n) is 19.1. The van der Waals surface area contributed by atoms with E-state index >= 15 is 0 Å². The second-order valence-corrected chi connectivity index (χ2v) is 11.1. The molecule has 12 nitrogen and oxygen atoms in total. The summed E-state index contributed by atoms with van der Waals surface area (Å²) >= 11 is 0. The molecule has 0 spiro atoms. The number of hydrogen-bond acceptors (Lipinski definition) is 8. The Bertz CT molecular complexity index is 1350. The van der Waals surface area contributed by atoms with Crippen LogP contribution in [0.15, 0.2) is 12.1 Å². The summed E-state index contributed by atoms with van der Waals surface area (Å²) < 4.78 is 135. The third-order valence-corrected chi connectivity index (χ3v) is 6.67. The largest absolute Gasteiger partial charge is 0.451 e. The molecule has 1 aliphatic heterocycles. The number of benzene rings is 1. The van der Waals surface area contributed by atoms with Crippen LogP contribution in [0.25, 0.3) is 0 Å². The molecule has 1 amide bonds. The lowest BCUT2D eigenvalue weighted by Crippen LogP contribution is -2.42. The van der Waals surface area contributed by atoms with E-state index in [2.05, 4.69) is 10.2 Å². The van der Waals surface area contributed by atoms with Crippen molar-refractivity contribution in [1.29, 1.82) is 0 Å². The fourth-order valence-corrected chi connectivity index (χ4v) is 4.90. The van der Waals surface area contributed by atoms with E-state index in [4.69, 9.17) is 14.8 Å². The minimum Gasteiger partial charge on any atom is -0.333 e. The molecule has 1 atom stereocenters. The maximum Gasteiger partial charge on any atom is 0.451 e. The predicted molar refractivity (Wildman–Crippen MR) is 116 cm³/mol. The molecule has 3 rings (SSSR count). The van der Waals surface area contributed by atoms with Gasteiger partial charge in [-0.3, -0.25) is 13.9 Å². The number of aromatic nitrogens is 3. The normalized spacial score (nSPS) is 14.9. The molecule has 0 unspecified atom stereocenters. The molecule has 4 N–H and O–H groups in total. The quantitative estimate of drug-likeness (QED) is 0.234. The van der Waals surface area contributed by atoms with Crippen molar-refractivity contribution in [2.75, 3.05) is 18.1 Å². The molecule has 1 aromatic heterocycles. The molecule has 20 heteroatoms. The van der Waals surface area contributed by atoms with Crippen molar-refractivity contribution < 1.29 is 57.1 Å². The molecule has 2 heterocycles. The van der Waals surface area contributed by atoms with Crippen molar-refractivity contribution in [3.63, 3.8) is 0 Å². The highest BCUT2D eigenvalue weighted by Gasteiger charge is 2.40. The van der Waals surface area contributed by atoms with E-state index in [0.29, 0.717) is 12.1 Å². The van der Waals surface area contributed by atoms with Crippen LogP contribution in [-0.2, 0) is 50.7 Å². The average molecular weight is 598 g/mol. The van der Waals surface area contributed by atoms with Crippen molar-refractivity contribution in [3.8, 4) is 0 Å². The average Bonchev–Trinajstić information content (AvgIpc) is 3.19. The van der Waals surface area contributed by atoms with Crippen LogP contribution >= 0.6 is 0 Å². The Kier molecular flexibility index (Phi) is 9.86. The molecular weight excluding hydrogens is 576 g/mol. The summed E-state index contributed by atoms with van der Waals surface area (Å²) in [5, 5.41) is 6.60. The Hall–Kier alpha value is -2.81. The SMILES string of the molecule is N[C@@H](CC(=O)N1CCn2c(nnc2C(F)(F)F)C1)Cc1cc(F)c(F)cc1F.O=S(=O)(O)CCS(=O)(=O)O. The molecule has 0 radical (unpaired) electrons. The number of fused-ring (bicyclic) bond motifs is 1. The summed E-state index contributed by atoms with van der Waals surface area (Å²) in [6, 6.07) is 0.184. The van der Waals surface area contributed by atoms with Crippen molar-refractivity contribution in [2.24, 2.45) is 5.73 Å². The van der Waals surface area contributed by atoms with Gasteiger partial charge in [0, 0.05) is 31.6 Å². The van der Waals surface area contributed by atoms with Gasteiger partial charge in [0.15, 0.2) is 17.5 Å². The standard InChI is InChI=1S/C16H15F6N5O.C2H6O6S2/c17-10-6-12(19)11(18)4-8(10)3-9(23)5-14(28)26-1-2-27-13(7-26)24-25-15(27)16(20,21)22;3-9(4,5)1-2-10(6,7)8/h4,6,9H,1-3,5,7,23H2;1-2H2,(H,3,4,5)(H,6,7,8)/t9-;/m1./s1. The fourth-order valence-electron chi connectivity index (χ4n) is 3.22. The Morgan fingerprint density at radius 3 is 2.05 bits per heavy atom. The number of alkyl halides is 3. The summed E-state index contributed by atoms with van der Waals surface area (Å²) in [6.45, 7) is -0.302. The fraction of sp³-hybridized carbons (Fsp3) is 0.500. The Labute approximate surface area is 211 Å². The monoisotopic (exact) mass is 597 g/mol. The Morgan fingerprint density at radius 2 is 1.53 bits per heavy atom. The van der Waals surface area contributed by atoms with Crippen molar-refractivity contribution >= 4 is 26.1 Å². The van der Waals surface area contributed by atoms with Crippen molar-refractivity contribution in [1.82, 2.24) is 19.7 Å². The van der Waals surface area contributed by atoms with Gasteiger partial charge in [0.2, 0.25) is 11.7 Å². The molecule has 1 aromatic carbocycles. The molecule has 0 bridgehead atoms. The van der Waals surface area contributed by atoms with Crippen molar-refractivity contribution in [3.05, 3.63) is 46.8 Å². The first-order chi connectivity index (χ1) is 17.3. The first-order valence-electron chi connectivity index (χ1n) is 10.3. The molecule has 214 valence electrons. The van der Waals surface area contributed by atoms with Gasteiger partial charge in [0.1, 0.15) is 5.82 Å². The summed E-state index contributed by atoms with van der Waals surface area (Å²) in [5.41, 5.74) is 5.64. The molecule has 1 aliphatic rings. The number of rotatable bonds is 7. The molecule has 0 saturated carbocycles. The second-order valence-electron chi connectivity index (χ2n) is 8.00. The van der Waals surface area contributed by atoms with Crippen LogP contribution in [0.2, 0.25) is 0 Å². The molecule has 38 heavy (non-hydrogen) atoms. The molecule has 0 aliphatic carbocycles. The van der Waals surface area contributed by atoms with Gasteiger partial charge < -0.3 is 15.2 Å². The van der Waals surface area contributed by atoms with E-state index in [0.717, 1.165) is 4.57 Å². The zero-order valence-corrected chi connectivity index (χ0v) is 20.7. The van der Waals surface area contributed by atoms with E-state index in [-0.39, 0.29) is 43.9 Å². The Balaban J connectivity index is 0.000000432. The number of amides is 1. The van der Waals surface area contributed by atoms with E-state index in [1.165, 1.54) is 4.90 Å². The number of carbonyl (C=O) groups is 1. The minimum atomic E-state index is -4.64. The maximum atomic E-state index is 13.7. The molecular formula is C18H21F6N5O7S2. The van der Waals surface area contributed by atoms with E-state index < -0.39 is 73.1 Å². The lowest BCUT2D eigenvalue weighted by molar-refractivity contribution is -0.148. The predicted octanol–water partition coefficient (Wildman–Crippen LogP) is 0.778. The molecule has 0 fully saturated rings. The summed E-state index contributed by atoms with van der Waals surface area (Å²) in [4.78, 5) is 13.6. The van der Waals surface area contributed by atoms with Crippen LogP contribution in [0.1, 0.15) is 23.6 Å². The second kappa shape index (κ2) is 11.9. The van der Waals surface area contributed by atoms with Gasteiger partial charge >= 0.3 is 6.18 Å². The van der Waals surface area contributed by atoms with Crippen LogP contribution < -0.4 is 5.73 Å². The van der Waals surface area contributed by atoms with Gasteiger partial charge in [-0.25, -0.2) is 13.2 Å². The number of nitrogens with two attached hydrogens (primary N) is 1. The van der Waals surface area contributed by atoms with Gasteiger partial charge in [0.05, 0.1) is 18.1 Å². The van der Waals surface area contributed by atoms with Crippen molar-refractivity contribution in [2.45, 2.75) is 38.1 Å². The smallest absolute Gasteiger partial charge is 0.333 e. The van der Waals surface area contributed by atoms with Gasteiger partial charge in [-0.2, -0.15) is 30.0 Å². The van der Waals surface area contributed by atoms with Crippen LogP contribution in [0.3, 0.4) is 0 Å². The summed E-state index contributed by atoms with van der Waals surface area (Å²) in [7, 11) is -8.59. The lowest BCUT2D eigenvalue weighted by atomic mass is 10.0. The first kappa shape index (κ1) is 31.4. The van der Waals surface area contributed by atoms with Gasteiger partial charge in [-0.1, -0.05) is 0 Å². The Morgan fingerprint density at radius 1 is 0.974 bits per heavy atom. The van der Waals surface area contributed by atoms with E-state index in [9.17, 15) is 48.0 Å². The number of carbonyl (C=O) groups excluding carboxylic acids is 1. The van der Waals surface area contributed by atoms with Crippen LogP contribution in [-0.4, -0.2) is 75.6 Å². The maximum absolute atomic E-state index is 13.7. The van der Waals surface area contributed by atoms with Gasteiger partial charge in [-0.15, -0.1) is 10.2 Å². The minimum absolute atomic E-state index is 0.000783. The number of halogens is 6. The highest BCUT2D eigenvalue weighted by Crippen LogP contribution is 2.29. The van der Waals surface area contributed by atoms with Crippen LogP contribution in [0.5, 0.6) is 0 Å². The van der Waals surface area contributed by atoms with Gasteiger partial charge in [0.25, 0.3) is 20.2 Å². The highest BCUT2D eigenvalue weighted by atomic mass is 32.2. The summed E-state index contributed by atoms with van der Waals surface area (Å²) in [5.74, 6) is -7.11. The van der Waals surface area contributed by atoms with E-state index in [1.54, 1.807) is 0 Å². The topological polar surface area (TPSA) is 186 Å². The third-order valence-electron chi connectivity index (χ3n) is 4.97. The van der Waals surface area contributed by atoms with Gasteiger partial charge in [-0.05, 0) is 18.1 Å². The van der Waals surface area contributed by atoms with Crippen LogP contribution in [0.4, 0.5) is 26.3 Å².